The number of sulfonamides is 1. The summed E-state index contributed by atoms with van der Waals surface area (Å²) < 4.78 is 29.1. The second-order valence-electron chi connectivity index (χ2n) is 7.60. The molecule has 31 heavy (non-hydrogen) atoms. The first-order valence-corrected chi connectivity index (χ1v) is 11.7. The van der Waals surface area contributed by atoms with Gasteiger partial charge in [-0.3, -0.25) is 4.79 Å². The fourth-order valence-corrected chi connectivity index (χ4v) is 5.18. The van der Waals surface area contributed by atoms with Crippen LogP contribution in [-0.4, -0.2) is 46.5 Å². The average molecular weight is 440 g/mol. The van der Waals surface area contributed by atoms with Crippen molar-refractivity contribution in [2.75, 3.05) is 13.1 Å². The van der Waals surface area contributed by atoms with E-state index < -0.39 is 10.0 Å². The molecule has 1 amide bonds. The minimum Gasteiger partial charge on any atom is -0.348 e. The number of carbonyl (C=O) groups excluding carboxylic acids is 1. The Labute approximate surface area is 182 Å². The van der Waals surface area contributed by atoms with Crippen LogP contribution in [-0.2, 0) is 16.6 Å². The Morgan fingerprint density at radius 3 is 2.65 bits per heavy atom. The maximum Gasteiger partial charge on any atom is 0.251 e. The van der Waals surface area contributed by atoms with Crippen molar-refractivity contribution in [1.82, 2.24) is 24.4 Å². The van der Waals surface area contributed by atoms with Crippen LogP contribution in [0.3, 0.4) is 0 Å². The summed E-state index contributed by atoms with van der Waals surface area (Å²) in [5, 5.41) is 7.04. The third-order valence-corrected chi connectivity index (χ3v) is 7.30. The van der Waals surface area contributed by atoms with Crippen LogP contribution in [0.1, 0.15) is 40.7 Å². The van der Waals surface area contributed by atoms with E-state index in [2.05, 4.69) is 15.4 Å². The molecule has 0 unspecified atom stereocenters. The summed E-state index contributed by atoms with van der Waals surface area (Å²) in [7, 11) is -3.60. The number of nitrogens with zero attached hydrogens (tertiary/aromatic N) is 4. The molecule has 9 heteroatoms. The lowest BCUT2D eigenvalue weighted by molar-refractivity contribution is 0.0950. The van der Waals surface area contributed by atoms with Crippen molar-refractivity contribution < 1.29 is 13.2 Å². The van der Waals surface area contributed by atoms with Gasteiger partial charge in [-0.25, -0.2) is 18.1 Å². The Hall–Kier alpha value is -3.04. The number of aryl methyl sites for hydroxylation is 1. The second kappa shape index (κ2) is 8.99. The van der Waals surface area contributed by atoms with Crippen LogP contribution in [0.4, 0.5) is 0 Å². The summed E-state index contributed by atoms with van der Waals surface area (Å²) in [5.74, 6) is 0.341. The van der Waals surface area contributed by atoms with Gasteiger partial charge >= 0.3 is 0 Å². The molecule has 8 nitrogen and oxygen atoms in total. The SMILES string of the molecule is Cc1ccc(S(=O)(=O)N2CCCCC2)cc1C(=O)NCc1ccnc(-n2cccn2)c1. The third-order valence-electron chi connectivity index (χ3n) is 5.41. The topological polar surface area (TPSA) is 97.2 Å². The number of pyridine rings is 1. The molecule has 1 N–H and O–H groups in total. The summed E-state index contributed by atoms with van der Waals surface area (Å²) in [5.41, 5.74) is 1.95. The molecule has 1 aromatic carbocycles. The molecule has 162 valence electrons. The van der Waals surface area contributed by atoms with Crippen LogP contribution in [0.25, 0.3) is 5.82 Å². The molecule has 0 atom stereocenters. The van der Waals surface area contributed by atoms with Crippen LogP contribution in [0, 0.1) is 6.92 Å². The molecule has 2 aromatic heterocycles. The van der Waals surface area contributed by atoms with E-state index in [9.17, 15) is 13.2 Å². The number of hydrogen-bond donors (Lipinski definition) is 1. The monoisotopic (exact) mass is 439 g/mol. The van der Waals surface area contributed by atoms with Gasteiger partial charge in [-0.05, 0) is 61.2 Å². The van der Waals surface area contributed by atoms with Crippen LogP contribution < -0.4 is 5.32 Å². The van der Waals surface area contributed by atoms with Crippen molar-refractivity contribution in [1.29, 1.82) is 0 Å². The smallest absolute Gasteiger partial charge is 0.251 e. The zero-order chi connectivity index (χ0) is 21.8. The summed E-state index contributed by atoms with van der Waals surface area (Å²) in [4.78, 5) is 17.3. The van der Waals surface area contributed by atoms with E-state index in [0.717, 1.165) is 30.4 Å². The molecular weight excluding hydrogens is 414 g/mol. The lowest BCUT2D eigenvalue weighted by Crippen LogP contribution is -2.35. The first-order chi connectivity index (χ1) is 14.9. The molecule has 1 aliphatic heterocycles. The van der Waals surface area contributed by atoms with Gasteiger partial charge in [0.05, 0.1) is 4.90 Å². The molecule has 0 saturated carbocycles. The lowest BCUT2D eigenvalue weighted by atomic mass is 10.1. The highest BCUT2D eigenvalue weighted by Gasteiger charge is 2.27. The van der Waals surface area contributed by atoms with E-state index in [0.29, 0.717) is 24.5 Å². The molecule has 1 saturated heterocycles. The zero-order valence-electron chi connectivity index (χ0n) is 17.4. The largest absolute Gasteiger partial charge is 0.348 e. The second-order valence-corrected chi connectivity index (χ2v) is 9.54. The van der Waals surface area contributed by atoms with Gasteiger partial charge in [0.1, 0.15) is 0 Å². The highest BCUT2D eigenvalue weighted by molar-refractivity contribution is 7.89. The van der Waals surface area contributed by atoms with E-state index in [-0.39, 0.29) is 17.3 Å². The number of nitrogens with one attached hydrogen (secondary N) is 1. The molecule has 4 rings (SSSR count). The molecule has 0 radical (unpaired) electrons. The maximum atomic E-state index is 13.0. The molecule has 0 aliphatic carbocycles. The lowest BCUT2D eigenvalue weighted by Gasteiger charge is -2.26. The average Bonchev–Trinajstić information content (AvgIpc) is 3.33. The number of benzene rings is 1. The van der Waals surface area contributed by atoms with Gasteiger partial charge in [0.25, 0.3) is 5.91 Å². The van der Waals surface area contributed by atoms with Crippen LogP contribution >= 0.6 is 0 Å². The Bertz CT molecular complexity index is 1170. The maximum absolute atomic E-state index is 13.0. The van der Waals surface area contributed by atoms with Crippen molar-refractivity contribution in [3.05, 3.63) is 71.7 Å². The van der Waals surface area contributed by atoms with E-state index in [1.807, 2.05) is 18.2 Å². The zero-order valence-corrected chi connectivity index (χ0v) is 18.2. The predicted octanol–water partition coefficient (Wildman–Crippen LogP) is 2.68. The molecule has 1 aliphatic rings. The van der Waals surface area contributed by atoms with Crippen molar-refractivity contribution >= 4 is 15.9 Å². The number of hydrogen-bond acceptors (Lipinski definition) is 5. The van der Waals surface area contributed by atoms with E-state index in [1.165, 1.54) is 10.4 Å². The first-order valence-electron chi connectivity index (χ1n) is 10.3. The van der Waals surface area contributed by atoms with Gasteiger partial charge in [0, 0.05) is 43.8 Å². The summed E-state index contributed by atoms with van der Waals surface area (Å²) in [6.07, 6.45) is 7.90. The quantitative estimate of drug-likeness (QED) is 0.637. The third kappa shape index (κ3) is 4.67. The molecule has 3 aromatic rings. The van der Waals surface area contributed by atoms with Crippen LogP contribution in [0.5, 0.6) is 0 Å². The number of amides is 1. The Morgan fingerprint density at radius 2 is 1.90 bits per heavy atom. The predicted molar refractivity (Wildman–Crippen MR) is 116 cm³/mol. The Kier molecular flexibility index (Phi) is 6.15. The van der Waals surface area contributed by atoms with Gasteiger partial charge in [0.15, 0.2) is 5.82 Å². The van der Waals surface area contributed by atoms with Crippen molar-refractivity contribution in [3.63, 3.8) is 0 Å². The van der Waals surface area contributed by atoms with E-state index >= 15 is 0 Å². The first kappa shape index (κ1) is 21.2. The molecule has 0 spiro atoms. The fraction of sp³-hybridized carbons (Fsp3) is 0.318. The van der Waals surface area contributed by atoms with Gasteiger partial charge in [-0.1, -0.05) is 12.5 Å². The normalized spacial score (nSPS) is 15.0. The van der Waals surface area contributed by atoms with Gasteiger partial charge < -0.3 is 5.32 Å². The number of rotatable bonds is 6. The molecular formula is C22H25N5O3S. The highest BCUT2D eigenvalue weighted by atomic mass is 32.2. The standard InChI is InChI=1S/C22H25N5O3S/c1-17-6-7-19(31(29,30)26-11-3-2-4-12-26)15-20(17)22(28)24-16-18-8-10-23-21(14-18)27-13-5-9-25-27/h5-10,13-15H,2-4,11-12,16H2,1H3,(H,24,28). The Balaban J connectivity index is 1.50. The summed E-state index contributed by atoms with van der Waals surface area (Å²) in [6.45, 7) is 3.14. The van der Waals surface area contributed by atoms with E-state index in [4.69, 9.17) is 0 Å². The van der Waals surface area contributed by atoms with Crippen molar-refractivity contribution in [3.8, 4) is 5.82 Å². The van der Waals surface area contributed by atoms with Crippen molar-refractivity contribution in [2.45, 2.75) is 37.6 Å². The molecule has 3 heterocycles. The van der Waals surface area contributed by atoms with Gasteiger partial charge in [0.2, 0.25) is 10.0 Å². The van der Waals surface area contributed by atoms with Gasteiger partial charge in [-0.15, -0.1) is 0 Å². The van der Waals surface area contributed by atoms with Crippen LogP contribution in [0.2, 0.25) is 0 Å². The molecule has 0 bridgehead atoms. The highest BCUT2D eigenvalue weighted by Crippen LogP contribution is 2.23. The number of aromatic nitrogens is 3. The number of carbonyl (C=O) groups is 1. The van der Waals surface area contributed by atoms with Gasteiger partial charge in [-0.2, -0.15) is 9.40 Å². The van der Waals surface area contributed by atoms with Crippen molar-refractivity contribution in [2.24, 2.45) is 0 Å². The Morgan fingerprint density at radius 1 is 1.10 bits per heavy atom. The summed E-state index contributed by atoms with van der Waals surface area (Å²) in [6, 6.07) is 10.2. The fourth-order valence-electron chi connectivity index (χ4n) is 3.64. The summed E-state index contributed by atoms with van der Waals surface area (Å²) >= 11 is 0. The van der Waals surface area contributed by atoms with Crippen LogP contribution in [0.15, 0.2) is 59.9 Å². The number of piperidine rings is 1. The molecule has 1 fully saturated rings. The van der Waals surface area contributed by atoms with E-state index in [1.54, 1.807) is 42.3 Å². The minimum absolute atomic E-state index is 0.162. The minimum atomic E-state index is -3.60.